The van der Waals surface area contributed by atoms with Crippen molar-refractivity contribution in [3.05, 3.63) is 125 Å². The zero-order valence-electron chi connectivity index (χ0n) is 27.8. The highest BCUT2D eigenvalue weighted by Crippen LogP contribution is 2.40. The SMILES string of the molecule is Nc1ccccc1NC(=O)CCCCCC(=O)NCc1ccc([C@@H]2O[C@H](CSc3ccccc3C(=O)O)C[C@H](c3ccc(CO)cc3)O2)cc1. The number of aromatic carboxylic acids is 1. The third-order valence-corrected chi connectivity index (χ3v) is 9.65. The molecule has 0 saturated carbocycles. The van der Waals surface area contributed by atoms with Crippen LogP contribution in [0.15, 0.2) is 102 Å². The number of hydrogen-bond donors (Lipinski definition) is 5. The lowest BCUT2D eigenvalue weighted by Crippen LogP contribution is -2.31. The fourth-order valence-electron chi connectivity index (χ4n) is 5.63. The summed E-state index contributed by atoms with van der Waals surface area (Å²) in [6.07, 6.45) is 2.32. The molecule has 0 unspecified atom stereocenters. The molecule has 1 fully saturated rings. The summed E-state index contributed by atoms with van der Waals surface area (Å²) in [5.74, 6) is -0.572. The van der Waals surface area contributed by atoms with Gasteiger partial charge in [0, 0.05) is 42.0 Å². The Morgan fingerprint density at radius 1 is 0.780 bits per heavy atom. The van der Waals surface area contributed by atoms with Crippen molar-refractivity contribution in [3.8, 4) is 0 Å². The molecule has 1 heterocycles. The van der Waals surface area contributed by atoms with E-state index in [9.17, 15) is 24.6 Å². The van der Waals surface area contributed by atoms with Crippen LogP contribution in [0.25, 0.3) is 0 Å². The number of carbonyl (C=O) groups is 3. The number of thioether (sulfide) groups is 1. The van der Waals surface area contributed by atoms with E-state index in [1.807, 2.05) is 66.7 Å². The number of aliphatic hydroxyl groups is 1. The van der Waals surface area contributed by atoms with Crippen LogP contribution in [0.3, 0.4) is 0 Å². The Bertz CT molecular complexity index is 1730. The van der Waals surface area contributed by atoms with Gasteiger partial charge < -0.3 is 36.1 Å². The van der Waals surface area contributed by atoms with Crippen LogP contribution in [0.1, 0.15) is 83.5 Å². The van der Waals surface area contributed by atoms with Crippen molar-refractivity contribution in [1.82, 2.24) is 5.32 Å². The molecule has 10 nitrogen and oxygen atoms in total. The van der Waals surface area contributed by atoms with Crippen LogP contribution in [-0.4, -0.2) is 39.9 Å². The summed E-state index contributed by atoms with van der Waals surface area (Å²) < 4.78 is 12.9. The average Bonchev–Trinajstić information content (AvgIpc) is 3.14. The van der Waals surface area contributed by atoms with Crippen LogP contribution in [-0.2, 0) is 32.2 Å². The third-order valence-electron chi connectivity index (χ3n) is 8.44. The summed E-state index contributed by atoms with van der Waals surface area (Å²) in [4.78, 5) is 37.1. The lowest BCUT2D eigenvalue weighted by Gasteiger charge is -2.36. The van der Waals surface area contributed by atoms with E-state index < -0.39 is 12.3 Å². The van der Waals surface area contributed by atoms with Crippen LogP contribution < -0.4 is 16.4 Å². The number of nitrogens with two attached hydrogens (primary N) is 1. The van der Waals surface area contributed by atoms with Gasteiger partial charge in [0.25, 0.3) is 0 Å². The summed E-state index contributed by atoms with van der Waals surface area (Å²) in [6.45, 7) is 0.341. The summed E-state index contributed by atoms with van der Waals surface area (Å²) >= 11 is 1.45. The number of nitrogen functional groups attached to an aromatic ring is 1. The first-order chi connectivity index (χ1) is 24.3. The van der Waals surface area contributed by atoms with Crippen LogP contribution in [0, 0.1) is 0 Å². The summed E-state index contributed by atoms with van der Waals surface area (Å²) in [5, 5.41) is 24.9. The number of para-hydroxylation sites is 2. The number of unbranched alkanes of at least 4 members (excludes halogenated alkanes) is 2. The van der Waals surface area contributed by atoms with Crippen molar-refractivity contribution in [2.24, 2.45) is 0 Å². The first-order valence-corrected chi connectivity index (χ1v) is 17.7. The van der Waals surface area contributed by atoms with Gasteiger partial charge in [-0.05, 0) is 53.8 Å². The maximum absolute atomic E-state index is 12.5. The number of amides is 2. The molecule has 4 aromatic rings. The molecule has 0 aromatic heterocycles. The fraction of sp³-hybridized carbons (Fsp3) is 0.308. The number of rotatable bonds is 16. The molecule has 0 radical (unpaired) electrons. The third kappa shape index (κ3) is 10.7. The van der Waals surface area contributed by atoms with E-state index in [-0.39, 0.29) is 36.2 Å². The smallest absolute Gasteiger partial charge is 0.336 e. The predicted octanol–water partition coefficient (Wildman–Crippen LogP) is 7.00. The second kappa shape index (κ2) is 18.4. The van der Waals surface area contributed by atoms with E-state index in [2.05, 4.69) is 10.6 Å². The Kier molecular flexibility index (Phi) is 13.4. The number of carboxylic acids is 1. The monoisotopic (exact) mass is 697 g/mol. The van der Waals surface area contributed by atoms with Gasteiger partial charge in [0.2, 0.25) is 11.8 Å². The highest BCUT2D eigenvalue weighted by Gasteiger charge is 2.32. The molecule has 6 N–H and O–H groups in total. The molecule has 5 rings (SSSR count). The van der Waals surface area contributed by atoms with Gasteiger partial charge in [-0.15, -0.1) is 11.8 Å². The van der Waals surface area contributed by atoms with Crippen molar-refractivity contribution >= 4 is 40.9 Å². The molecule has 0 spiro atoms. The maximum atomic E-state index is 12.5. The largest absolute Gasteiger partial charge is 0.478 e. The first-order valence-electron chi connectivity index (χ1n) is 16.7. The second-order valence-corrected chi connectivity index (χ2v) is 13.2. The Morgan fingerprint density at radius 2 is 1.44 bits per heavy atom. The van der Waals surface area contributed by atoms with E-state index in [0.717, 1.165) is 28.7 Å². The highest BCUT2D eigenvalue weighted by molar-refractivity contribution is 7.99. The van der Waals surface area contributed by atoms with E-state index in [1.165, 1.54) is 11.8 Å². The van der Waals surface area contributed by atoms with Crippen molar-refractivity contribution in [2.75, 3.05) is 16.8 Å². The Labute approximate surface area is 296 Å². The zero-order valence-corrected chi connectivity index (χ0v) is 28.6. The van der Waals surface area contributed by atoms with Gasteiger partial charge >= 0.3 is 5.97 Å². The van der Waals surface area contributed by atoms with Gasteiger partial charge in [-0.25, -0.2) is 4.79 Å². The molecule has 50 heavy (non-hydrogen) atoms. The van der Waals surface area contributed by atoms with Crippen molar-refractivity contribution in [3.63, 3.8) is 0 Å². The average molecular weight is 698 g/mol. The normalized spacial score (nSPS) is 17.2. The van der Waals surface area contributed by atoms with Crippen LogP contribution in [0.4, 0.5) is 11.4 Å². The minimum absolute atomic E-state index is 0.0429. The number of carbonyl (C=O) groups excluding carboxylic acids is 2. The standard InChI is InChI=1S/C39H43N3O7S/c40-32-9-5-6-10-33(32)42-37(45)13-3-1-2-12-36(44)41-23-26-14-20-29(21-15-26)39-48-30(25-50-35-11-7-4-8-31(35)38(46)47)22-34(49-39)28-18-16-27(24-43)17-19-28/h4-11,14-21,30,34,39,43H,1-3,12-13,22-25,40H2,(H,41,44)(H,42,45)(H,46,47)/t30-,34+,39+/m0/s1. The van der Waals surface area contributed by atoms with E-state index in [0.29, 0.717) is 60.7 Å². The summed E-state index contributed by atoms with van der Waals surface area (Å²) in [5.41, 5.74) is 10.8. The fourth-order valence-corrected chi connectivity index (χ4v) is 6.69. The number of anilines is 2. The Balaban J connectivity index is 1.11. The summed E-state index contributed by atoms with van der Waals surface area (Å²) in [7, 11) is 0. The molecule has 262 valence electrons. The van der Waals surface area contributed by atoms with Crippen LogP contribution in [0.2, 0.25) is 0 Å². The lowest BCUT2D eigenvalue weighted by atomic mass is 10.0. The van der Waals surface area contributed by atoms with Gasteiger partial charge in [-0.2, -0.15) is 0 Å². The molecule has 4 aromatic carbocycles. The quantitative estimate of drug-likeness (QED) is 0.0472. The Morgan fingerprint density at radius 3 is 2.16 bits per heavy atom. The van der Waals surface area contributed by atoms with Crippen molar-refractivity contribution in [1.29, 1.82) is 0 Å². The molecule has 11 heteroatoms. The first kappa shape index (κ1) is 36.6. The summed E-state index contributed by atoms with van der Waals surface area (Å²) in [6, 6.07) is 29.5. The van der Waals surface area contributed by atoms with Gasteiger partial charge in [-0.1, -0.05) is 79.2 Å². The lowest BCUT2D eigenvalue weighted by molar-refractivity contribution is -0.245. The number of carboxylic acid groups (broad SMARTS) is 1. The van der Waals surface area contributed by atoms with Gasteiger partial charge in [0.05, 0.1) is 35.8 Å². The number of ether oxygens (including phenoxy) is 2. The molecular formula is C39H43N3O7S. The van der Waals surface area contributed by atoms with Gasteiger partial charge in [0.15, 0.2) is 6.29 Å². The topological polar surface area (TPSA) is 160 Å². The molecule has 1 aliphatic heterocycles. The van der Waals surface area contributed by atoms with E-state index >= 15 is 0 Å². The Hall–Kier alpha value is -4.68. The van der Waals surface area contributed by atoms with Crippen molar-refractivity contribution < 1.29 is 34.1 Å². The second-order valence-electron chi connectivity index (χ2n) is 12.2. The number of benzene rings is 4. The van der Waals surface area contributed by atoms with Gasteiger partial charge in [0.1, 0.15) is 0 Å². The highest BCUT2D eigenvalue weighted by atomic mass is 32.2. The molecule has 3 atom stereocenters. The van der Waals surface area contributed by atoms with Crippen molar-refractivity contribution in [2.45, 2.75) is 75.1 Å². The van der Waals surface area contributed by atoms with E-state index in [4.69, 9.17) is 15.2 Å². The molecular weight excluding hydrogens is 655 g/mol. The predicted molar refractivity (Wildman–Crippen MR) is 193 cm³/mol. The molecule has 1 aliphatic rings. The number of hydrogen-bond acceptors (Lipinski definition) is 8. The molecule has 2 amide bonds. The molecule has 0 bridgehead atoms. The molecule has 0 aliphatic carbocycles. The number of nitrogens with one attached hydrogen (secondary N) is 2. The van der Waals surface area contributed by atoms with Crippen LogP contribution >= 0.6 is 11.8 Å². The maximum Gasteiger partial charge on any atom is 0.336 e. The minimum atomic E-state index is -0.968. The zero-order chi connectivity index (χ0) is 35.3. The molecule has 1 saturated heterocycles. The number of aliphatic hydroxyl groups excluding tert-OH is 1. The van der Waals surface area contributed by atoms with Crippen LogP contribution in [0.5, 0.6) is 0 Å². The van der Waals surface area contributed by atoms with E-state index in [1.54, 1.807) is 30.3 Å². The van der Waals surface area contributed by atoms with Gasteiger partial charge in [-0.3, -0.25) is 9.59 Å². The minimum Gasteiger partial charge on any atom is -0.478 e.